The van der Waals surface area contributed by atoms with Crippen LogP contribution in [0.15, 0.2) is 23.3 Å². The molecule has 0 saturated heterocycles. The van der Waals surface area contributed by atoms with Crippen molar-refractivity contribution in [2.24, 2.45) is 5.10 Å². The Kier molecular flexibility index (Phi) is 6.54. The van der Waals surface area contributed by atoms with E-state index in [2.05, 4.69) is 15.8 Å². The molecule has 0 radical (unpaired) electrons. The minimum Gasteiger partial charge on any atom is -0.504 e. The number of nitrogens with one attached hydrogen (secondary N) is 2. The predicted molar refractivity (Wildman–Crippen MR) is 85.8 cm³/mol. The van der Waals surface area contributed by atoms with E-state index in [1.165, 1.54) is 24.4 Å². The van der Waals surface area contributed by atoms with Crippen LogP contribution in [0, 0.1) is 0 Å². The number of benzene rings is 1. The molecule has 0 aromatic heterocycles. The van der Waals surface area contributed by atoms with Gasteiger partial charge in [0.05, 0.1) is 12.8 Å². The number of carbonyl (C=O) groups excluding carboxylic acids is 2. The molecule has 9 nitrogen and oxygen atoms in total. The number of aliphatic hydroxyl groups is 1. The van der Waals surface area contributed by atoms with Crippen LogP contribution < -0.4 is 10.7 Å². The fraction of sp³-hybridized carbons (Fsp3) is 0.400. The summed E-state index contributed by atoms with van der Waals surface area (Å²) in [5.41, 5.74) is 1.83. The highest BCUT2D eigenvalue weighted by molar-refractivity contribution is 5.87. The first kappa shape index (κ1) is 19.2. The molecule has 1 rings (SSSR count). The molecule has 2 amide bonds. The molecule has 0 aliphatic rings. The Labute approximate surface area is 139 Å². The van der Waals surface area contributed by atoms with Crippen molar-refractivity contribution >= 4 is 18.2 Å². The summed E-state index contributed by atoms with van der Waals surface area (Å²) in [5, 5.41) is 33.6. The maximum Gasteiger partial charge on any atom is 0.408 e. The molecular weight excluding hydrogens is 318 g/mol. The van der Waals surface area contributed by atoms with Crippen LogP contribution in [-0.2, 0) is 9.53 Å². The molecule has 0 saturated carbocycles. The largest absolute Gasteiger partial charge is 0.504 e. The Hall–Kier alpha value is -2.81. The lowest BCUT2D eigenvalue weighted by Crippen LogP contribution is -2.49. The van der Waals surface area contributed by atoms with Crippen molar-refractivity contribution in [3.05, 3.63) is 23.8 Å². The Morgan fingerprint density at radius 2 is 1.96 bits per heavy atom. The molecule has 9 heteroatoms. The number of phenols is 2. The first-order valence-corrected chi connectivity index (χ1v) is 7.07. The Balaban J connectivity index is 2.59. The zero-order valence-corrected chi connectivity index (χ0v) is 13.6. The standard InChI is InChI=1S/C15H21N3O6/c1-15(2,3)24-14(23)17-10(8-19)13(22)18-16-7-9-4-5-11(20)12(21)6-9/h4-7,10,19-21H,8H2,1-3H3,(H,17,23)(H,18,22)/b16-7+/t10-/m0/s1. The predicted octanol–water partition coefficient (Wildman–Crippen LogP) is 0.434. The second-order valence-corrected chi connectivity index (χ2v) is 5.86. The highest BCUT2D eigenvalue weighted by Crippen LogP contribution is 2.23. The van der Waals surface area contributed by atoms with Gasteiger partial charge in [0.2, 0.25) is 0 Å². The van der Waals surface area contributed by atoms with Gasteiger partial charge in [0.1, 0.15) is 11.6 Å². The third-order valence-electron chi connectivity index (χ3n) is 2.58. The average Bonchev–Trinajstić information content (AvgIpc) is 2.46. The van der Waals surface area contributed by atoms with Gasteiger partial charge >= 0.3 is 6.09 Å². The van der Waals surface area contributed by atoms with Crippen LogP contribution >= 0.6 is 0 Å². The van der Waals surface area contributed by atoms with Crippen molar-refractivity contribution in [1.82, 2.24) is 10.7 Å². The highest BCUT2D eigenvalue weighted by atomic mass is 16.6. The Morgan fingerprint density at radius 3 is 2.50 bits per heavy atom. The maximum atomic E-state index is 11.8. The van der Waals surface area contributed by atoms with Crippen LogP contribution in [0.4, 0.5) is 4.79 Å². The molecular formula is C15H21N3O6. The second-order valence-electron chi connectivity index (χ2n) is 5.86. The molecule has 1 aromatic rings. The van der Waals surface area contributed by atoms with Gasteiger partial charge in [-0.3, -0.25) is 4.79 Å². The number of hydrazone groups is 1. The monoisotopic (exact) mass is 339 g/mol. The minimum absolute atomic E-state index is 0.280. The van der Waals surface area contributed by atoms with E-state index in [0.717, 1.165) is 0 Å². The van der Waals surface area contributed by atoms with Gasteiger partial charge < -0.3 is 25.4 Å². The number of aliphatic hydroxyl groups excluding tert-OH is 1. The topological polar surface area (TPSA) is 140 Å². The molecule has 5 N–H and O–H groups in total. The lowest BCUT2D eigenvalue weighted by molar-refractivity contribution is -0.124. The molecule has 0 fully saturated rings. The van der Waals surface area contributed by atoms with Crippen LogP contribution in [0.25, 0.3) is 0 Å². The van der Waals surface area contributed by atoms with Crippen LogP contribution in [0.3, 0.4) is 0 Å². The summed E-state index contributed by atoms with van der Waals surface area (Å²) >= 11 is 0. The maximum absolute atomic E-state index is 11.8. The molecule has 0 aliphatic carbocycles. The van der Waals surface area contributed by atoms with Crippen LogP contribution in [0.2, 0.25) is 0 Å². The number of amides is 2. The number of ether oxygens (including phenoxy) is 1. The summed E-state index contributed by atoms with van der Waals surface area (Å²) in [6, 6.07) is 2.74. The van der Waals surface area contributed by atoms with Crippen molar-refractivity contribution in [2.45, 2.75) is 32.4 Å². The summed E-state index contributed by atoms with van der Waals surface area (Å²) in [4.78, 5) is 23.4. The van der Waals surface area contributed by atoms with Crippen LogP contribution in [-0.4, -0.2) is 51.8 Å². The third kappa shape index (κ3) is 6.53. The smallest absolute Gasteiger partial charge is 0.408 e. The van der Waals surface area contributed by atoms with Crippen molar-refractivity contribution in [1.29, 1.82) is 0 Å². The van der Waals surface area contributed by atoms with E-state index in [9.17, 15) is 24.9 Å². The van der Waals surface area contributed by atoms with E-state index in [1.54, 1.807) is 20.8 Å². The molecule has 0 spiro atoms. The lowest BCUT2D eigenvalue weighted by Gasteiger charge is -2.21. The van der Waals surface area contributed by atoms with E-state index in [4.69, 9.17) is 4.74 Å². The number of hydrogen-bond acceptors (Lipinski definition) is 7. The normalized spacial score (nSPS) is 12.7. The zero-order valence-electron chi connectivity index (χ0n) is 13.6. The molecule has 1 aromatic carbocycles. The molecule has 132 valence electrons. The molecule has 0 bridgehead atoms. The van der Waals surface area contributed by atoms with Gasteiger partial charge in [0, 0.05) is 0 Å². The summed E-state index contributed by atoms with van der Waals surface area (Å²) < 4.78 is 4.99. The van der Waals surface area contributed by atoms with Crippen LogP contribution in [0.1, 0.15) is 26.3 Å². The summed E-state index contributed by atoms with van der Waals surface area (Å²) in [7, 11) is 0. The number of carbonyl (C=O) groups is 2. The lowest BCUT2D eigenvalue weighted by atomic mass is 10.2. The third-order valence-corrected chi connectivity index (χ3v) is 2.58. The number of alkyl carbamates (subject to hydrolysis) is 1. The highest BCUT2D eigenvalue weighted by Gasteiger charge is 2.23. The SMILES string of the molecule is CC(C)(C)OC(=O)N[C@@H](CO)C(=O)N/N=C/c1ccc(O)c(O)c1. The van der Waals surface area contributed by atoms with Crippen molar-refractivity contribution in [3.63, 3.8) is 0 Å². The summed E-state index contributed by atoms with van der Waals surface area (Å²) in [6.07, 6.45) is 0.378. The van der Waals surface area contributed by atoms with Gasteiger partial charge in [-0.1, -0.05) is 0 Å². The summed E-state index contributed by atoms with van der Waals surface area (Å²) in [5.74, 6) is -1.36. The minimum atomic E-state index is -1.23. The molecule has 0 unspecified atom stereocenters. The fourth-order valence-electron chi connectivity index (χ4n) is 1.51. The molecule has 1 atom stereocenters. The zero-order chi connectivity index (χ0) is 18.3. The van der Waals surface area contributed by atoms with Gasteiger partial charge in [0.25, 0.3) is 5.91 Å². The van der Waals surface area contributed by atoms with Gasteiger partial charge in [-0.05, 0) is 44.5 Å². The average molecular weight is 339 g/mol. The second kappa shape index (κ2) is 8.16. The Bertz CT molecular complexity index is 624. The first-order valence-electron chi connectivity index (χ1n) is 7.07. The van der Waals surface area contributed by atoms with E-state index < -0.39 is 30.3 Å². The van der Waals surface area contributed by atoms with Crippen LogP contribution in [0.5, 0.6) is 11.5 Å². The van der Waals surface area contributed by atoms with Crippen molar-refractivity contribution < 1.29 is 29.6 Å². The van der Waals surface area contributed by atoms with Gasteiger partial charge in [0.15, 0.2) is 11.5 Å². The van der Waals surface area contributed by atoms with E-state index >= 15 is 0 Å². The van der Waals surface area contributed by atoms with Gasteiger partial charge in [-0.15, -0.1) is 0 Å². The van der Waals surface area contributed by atoms with Gasteiger partial charge in [-0.25, -0.2) is 10.2 Å². The number of nitrogens with zero attached hydrogens (tertiary/aromatic N) is 1. The summed E-state index contributed by atoms with van der Waals surface area (Å²) in [6.45, 7) is 4.36. The fourth-order valence-corrected chi connectivity index (χ4v) is 1.51. The number of hydrogen-bond donors (Lipinski definition) is 5. The Morgan fingerprint density at radius 1 is 1.29 bits per heavy atom. The van der Waals surface area contributed by atoms with Gasteiger partial charge in [-0.2, -0.15) is 5.10 Å². The molecule has 24 heavy (non-hydrogen) atoms. The van der Waals surface area contributed by atoms with Crippen molar-refractivity contribution in [2.75, 3.05) is 6.61 Å². The molecule has 0 aliphatic heterocycles. The number of phenolic OH excluding ortho intramolecular Hbond substituents is 2. The quantitative estimate of drug-likeness (QED) is 0.299. The number of rotatable bonds is 5. The van der Waals surface area contributed by atoms with E-state index in [0.29, 0.717) is 5.56 Å². The van der Waals surface area contributed by atoms with E-state index in [-0.39, 0.29) is 11.5 Å². The van der Waals surface area contributed by atoms with Crippen molar-refractivity contribution in [3.8, 4) is 11.5 Å². The van der Waals surface area contributed by atoms with E-state index in [1.807, 2.05) is 0 Å². The number of aromatic hydroxyl groups is 2. The first-order chi connectivity index (χ1) is 11.1. The molecule has 0 heterocycles.